The van der Waals surface area contributed by atoms with E-state index in [1.165, 1.54) is 0 Å². The molecule has 0 bridgehead atoms. The van der Waals surface area contributed by atoms with Gasteiger partial charge in [0.05, 0.1) is 23.3 Å². The summed E-state index contributed by atoms with van der Waals surface area (Å²) in [6.45, 7) is 2.51. The van der Waals surface area contributed by atoms with Crippen LogP contribution in [-0.2, 0) is 4.74 Å². The predicted molar refractivity (Wildman–Crippen MR) is 84.1 cm³/mol. The number of benzene rings is 1. The molecule has 2 atom stereocenters. The van der Waals surface area contributed by atoms with Crippen LogP contribution in [0.3, 0.4) is 0 Å². The zero-order valence-corrected chi connectivity index (χ0v) is 13.0. The van der Waals surface area contributed by atoms with Crippen LogP contribution in [0, 0.1) is 6.92 Å². The van der Waals surface area contributed by atoms with Crippen LogP contribution in [0.5, 0.6) is 0 Å². The molecule has 7 heteroatoms. The van der Waals surface area contributed by atoms with E-state index < -0.39 is 0 Å². The van der Waals surface area contributed by atoms with Gasteiger partial charge in [-0.2, -0.15) is 0 Å². The maximum absolute atomic E-state index is 5.63. The van der Waals surface area contributed by atoms with Crippen LogP contribution < -0.4 is 4.90 Å². The number of methoxy groups -OCH3 is 1. The summed E-state index contributed by atoms with van der Waals surface area (Å²) in [6, 6.07) is 7.78. The Morgan fingerprint density at radius 1 is 1.22 bits per heavy atom. The molecule has 3 aromatic rings. The number of hydrogen-bond donors (Lipinski definition) is 0. The molecule has 1 aromatic carbocycles. The van der Waals surface area contributed by atoms with Crippen molar-refractivity contribution in [3.63, 3.8) is 0 Å². The number of nitrogens with zero attached hydrogens (tertiary/aromatic N) is 5. The first-order valence-corrected chi connectivity index (χ1v) is 7.56. The van der Waals surface area contributed by atoms with Crippen LogP contribution in [0.25, 0.3) is 11.0 Å². The highest BCUT2D eigenvalue weighted by molar-refractivity contribution is 5.75. The lowest BCUT2D eigenvalue weighted by Crippen LogP contribution is -2.26. The molecule has 4 rings (SSSR count). The van der Waals surface area contributed by atoms with E-state index in [1.54, 1.807) is 20.2 Å². The molecule has 0 spiro atoms. The first kappa shape index (κ1) is 14.1. The molecule has 2 aromatic heterocycles. The quantitative estimate of drug-likeness (QED) is 0.734. The third-order valence-corrected chi connectivity index (χ3v) is 4.15. The van der Waals surface area contributed by atoms with Gasteiger partial charge in [-0.3, -0.25) is 4.98 Å². The Kier molecular flexibility index (Phi) is 3.42. The number of anilines is 1. The number of ether oxygens (including phenoxy) is 1. The molecule has 0 radical (unpaired) electrons. The van der Waals surface area contributed by atoms with Crippen molar-refractivity contribution >= 4 is 16.9 Å². The zero-order chi connectivity index (χ0) is 15.8. The van der Waals surface area contributed by atoms with Crippen molar-refractivity contribution in [3.05, 3.63) is 42.2 Å². The van der Waals surface area contributed by atoms with Crippen molar-refractivity contribution in [1.82, 2.24) is 20.2 Å². The van der Waals surface area contributed by atoms with E-state index in [1.807, 2.05) is 24.3 Å². The predicted octanol–water partition coefficient (Wildman–Crippen LogP) is 2.29. The first-order chi connectivity index (χ1) is 11.2. The monoisotopic (exact) mass is 311 g/mol. The van der Waals surface area contributed by atoms with Crippen molar-refractivity contribution in [2.24, 2.45) is 0 Å². The van der Waals surface area contributed by atoms with E-state index in [-0.39, 0.29) is 12.1 Å². The van der Waals surface area contributed by atoms with Gasteiger partial charge in [0, 0.05) is 27.0 Å². The summed E-state index contributed by atoms with van der Waals surface area (Å²) in [7, 11) is 1.72. The molecule has 23 heavy (non-hydrogen) atoms. The maximum atomic E-state index is 5.63. The summed E-state index contributed by atoms with van der Waals surface area (Å²) in [4.78, 5) is 11.4. The van der Waals surface area contributed by atoms with Gasteiger partial charge in [0.25, 0.3) is 0 Å². The number of aromatic nitrogens is 4. The Morgan fingerprint density at radius 2 is 2.04 bits per heavy atom. The van der Waals surface area contributed by atoms with Crippen molar-refractivity contribution < 1.29 is 9.15 Å². The molecule has 0 amide bonds. The lowest BCUT2D eigenvalue weighted by molar-refractivity contribution is 0.117. The molecular weight excluding hydrogens is 294 g/mol. The Balaban J connectivity index is 1.73. The van der Waals surface area contributed by atoms with Gasteiger partial charge in [0.15, 0.2) is 0 Å². The second-order valence-electron chi connectivity index (χ2n) is 5.64. The minimum absolute atomic E-state index is 0.0448. The van der Waals surface area contributed by atoms with Gasteiger partial charge < -0.3 is 14.1 Å². The van der Waals surface area contributed by atoms with E-state index in [0.29, 0.717) is 11.8 Å². The van der Waals surface area contributed by atoms with Gasteiger partial charge in [-0.15, -0.1) is 10.2 Å². The van der Waals surface area contributed by atoms with Gasteiger partial charge >= 0.3 is 0 Å². The van der Waals surface area contributed by atoms with Gasteiger partial charge in [0.2, 0.25) is 11.8 Å². The highest BCUT2D eigenvalue weighted by Gasteiger charge is 2.37. The van der Waals surface area contributed by atoms with E-state index in [0.717, 1.165) is 29.8 Å². The minimum atomic E-state index is -0.0448. The SMILES string of the molecule is CO[C@H]1C[C@H](c2nnc(C)o2)N(c2cnc3ccccc3n2)C1. The lowest BCUT2D eigenvalue weighted by atomic mass is 10.2. The van der Waals surface area contributed by atoms with Crippen LogP contribution in [-0.4, -0.2) is 39.9 Å². The molecule has 1 saturated heterocycles. The standard InChI is InChI=1S/C16H17N5O2/c1-10-19-20-16(23-10)14-7-11(22-2)9-21(14)15-8-17-12-5-3-4-6-13(12)18-15/h3-6,8,11,14H,7,9H2,1-2H3/t11-,14+/m0/s1. The van der Waals surface area contributed by atoms with Crippen LogP contribution in [0.2, 0.25) is 0 Å². The summed E-state index contributed by atoms with van der Waals surface area (Å²) in [5, 5.41) is 8.11. The largest absolute Gasteiger partial charge is 0.423 e. The molecule has 7 nitrogen and oxygen atoms in total. The van der Waals surface area contributed by atoms with Crippen molar-refractivity contribution in [3.8, 4) is 0 Å². The normalized spacial score (nSPS) is 21.2. The van der Waals surface area contributed by atoms with Crippen molar-refractivity contribution in [1.29, 1.82) is 0 Å². The highest BCUT2D eigenvalue weighted by Crippen LogP contribution is 2.35. The summed E-state index contributed by atoms with van der Waals surface area (Å²) in [5.74, 6) is 1.95. The number of hydrogen-bond acceptors (Lipinski definition) is 7. The van der Waals surface area contributed by atoms with Gasteiger partial charge in [-0.05, 0) is 12.1 Å². The topological polar surface area (TPSA) is 77.2 Å². The molecular formula is C16H17N5O2. The smallest absolute Gasteiger partial charge is 0.238 e. The Morgan fingerprint density at radius 3 is 2.78 bits per heavy atom. The fourth-order valence-corrected chi connectivity index (χ4v) is 2.99. The highest BCUT2D eigenvalue weighted by atomic mass is 16.5. The molecule has 118 valence electrons. The lowest BCUT2D eigenvalue weighted by Gasteiger charge is -2.22. The van der Waals surface area contributed by atoms with Gasteiger partial charge in [-0.25, -0.2) is 4.98 Å². The molecule has 0 N–H and O–H groups in total. The second-order valence-corrected chi connectivity index (χ2v) is 5.64. The summed E-state index contributed by atoms with van der Waals surface area (Å²) >= 11 is 0. The molecule has 0 unspecified atom stereocenters. The molecule has 1 aliphatic rings. The van der Waals surface area contributed by atoms with Gasteiger partial charge in [-0.1, -0.05) is 12.1 Å². The average molecular weight is 311 g/mol. The number of fused-ring (bicyclic) bond motifs is 1. The molecule has 3 heterocycles. The molecule has 1 fully saturated rings. The summed E-state index contributed by atoms with van der Waals surface area (Å²) in [6.07, 6.45) is 2.67. The maximum Gasteiger partial charge on any atom is 0.238 e. The molecule has 0 aliphatic carbocycles. The first-order valence-electron chi connectivity index (χ1n) is 7.56. The fourth-order valence-electron chi connectivity index (χ4n) is 2.99. The summed E-state index contributed by atoms with van der Waals surface area (Å²) < 4.78 is 11.2. The second kappa shape index (κ2) is 5.58. The summed E-state index contributed by atoms with van der Waals surface area (Å²) in [5.41, 5.74) is 1.75. The Bertz CT molecular complexity index is 834. The third kappa shape index (κ3) is 2.53. The third-order valence-electron chi connectivity index (χ3n) is 4.15. The van der Waals surface area contributed by atoms with Crippen LogP contribution in [0.15, 0.2) is 34.9 Å². The van der Waals surface area contributed by atoms with Crippen molar-refractivity contribution in [2.45, 2.75) is 25.5 Å². The number of rotatable bonds is 3. The molecule has 1 aliphatic heterocycles. The minimum Gasteiger partial charge on any atom is -0.423 e. The average Bonchev–Trinajstić information content (AvgIpc) is 3.20. The fraction of sp³-hybridized carbons (Fsp3) is 0.375. The van der Waals surface area contributed by atoms with Crippen LogP contribution in [0.4, 0.5) is 5.82 Å². The van der Waals surface area contributed by atoms with E-state index in [2.05, 4.69) is 20.1 Å². The number of aryl methyl sites for hydroxylation is 1. The van der Waals surface area contributed by atoms with E-state index in [9.17, 15) is 0 Å². The van der Waals surface area contributed by atoms with E-state index >= 15 is 0 Å². The molecule has 0 saturated carbocycles. The van der Waals surface area contributed by atoms with Crippen molar-refractivity contribution in [2.75, 3.05) is 18.6 Å². The Labute approximate surface area is 133 Å². The Hall–Kier alpha value is -2.54. The van der Waals surface area contributed by atoms with Crippen LogP contribution in [0.1, 0.15) is 24.2 Å². The zero-order valence-electron chi connectivity index (χ0n) is 13.0. The van der Waals surface area contributed by atoms with Gasteiger partial charge in [0.1, 0.15) is 11.9 Å². The van der Waals surface area contributed by atoms with E-state index in [4.69, 9.17) is 14.1 Å². The van der Waals surface area contributed by atoms with Crippen LogP contribution >= 0.6 is 0 Å². The number of para-hydroxylation sites is 2.